The number of carboxylic acid groups (broad SMARTS) is 1. The number of anilines is 2. The minimum absolute atomic E-state index is 0.104. The number of carbonyl (C=O) groups is 2. The molecular weight excluding hydrogens is 792 g/mol. The van der Waals surface area contributed by atoms with Gasteiger partial charge in [0.2, 0.25) is 15.7 Å². The number of amides is 2. The number of piperidine rings is 2. The highest BCUT2D eigenvalue weighted by Crippen LogP contribution is 2.51. The molecule has 8 rings (SSSR count). The van der Waals surface area contributed by atoms with Crippen LogP contribution in [0.15, 0.2) is 94.7 Å². The molecule has 61 heavy (non-hydrogen) atoms. The molecule has 4 heterocycles. The summed E-state index contributed by atoms with van der Waals surface area (Å²) in [5.41, 5.74) is 2.12. The highest BCUT2D eigenvalue weighted by molar-refractivity contribution is 7.91. The molecule has 4 atom stereocenters. The molecule has 328 valence electrons. The Kier molecular flexibility index (Phi) is 13.8. The number of hydrogen-bond acceptors (Lipinski definition) is 8. The first-order valence-electron chi connectivity index (χ1n) is 22.7. The Morgan fingerprint density at radius 3 is 2.25 bits per heavy atom. The Labute approximate surface area is 361 Å². The second-order valence-corrected chi connectivity index (χ2v) is 20.2. The van der Waals surface area contributed by atoms with E-state index >= 15 is 4.39 Å². The predicted octanol–water partition coefficient (Wildman–Crippen LogP) is 7.26. The first-order chi connectivity index (χ1) is 29.6. The molecule has 1 aliphatic carbocycles. The zero-order valence-electron chi connectivity index (χ0n) is 35.4. The van der Waals surface area contributed by atoms with E-state index in [1.165, 1.54) is 37.5 Å². The van der Waals surface area contributed by atoms with Crippen molar-refractivity contribution < 1.29 is 27.5 Å². The van der Waals surface area contributed by atoms with Gasteiger partial charge in [0.15, 0.2) is 0 Å². The fourth-order valence-corrected chi connectivity index (χ4v) is 12.6. The topological polar surface area (TPSA) is 126 Å². The van der Waals surface area contributed by atoms with Gasteiger partial charge in [-0.2, -0.15) is 0 Å². The van der Waals surface area contributed by atoms with Gasteiger partial charge >= 0.3 is 6.09 Å². The number of nitrogens with one attached hydrogen (secondary N) is 2. The van der Waals surface area contributed by atoms with E-state index in [0.717, 1.165) is 128 Å². The highest BCUT2D eigenvalue weighted by Gasteiger charge is 2.53. The Hall–Kier alpha value is -4.30. The summed E-state index contributed by atoms with van der Waals surface area (Å²) >= 11 is 0. The van der Waals surface area contributed by atoms with E-state index in [0.29, 0.717) is 17.5 Å². The average molecular weight is 855 g/mol. The van der Waals surface area contributed by atoms with Crippen molar-refractivity contribution in [3.05, 3.63) is 96.3 Å². The molecule has 13 heteroatoms. The molecule has 0 unspecified atom stereocenters. The second kappa shape index (κ2) is 19.4. The van der Waals surface area contributed by atoms with Crippen molar-refractivity contribution in [3.8, 4) is 0 Å². The zero-order chi connectivity index (χ0) is 42.4. The number of nitrogens with zero attached hydrogens (tertiary/aromatic N) is 4. The summed E-state index contributed by atoms with van der Waals surface area (Å²) in [6.07, 6.45) is 12.9. The van der Waals surface area contributed by atoms with Gasteiger partial charge in [0.05, 0.1) is 9.79 Å². The Bertz CT molecular complexity index is 2120. The molecule has 0 aromatic heterocycles. The monoisotopic (exact) mass is 854 g/mol. The van der Waals surface area contributed by atoms with Crippen molar-refractivity contribution in [2.24, 2.45) is 17.8 Å². The number of likely N-dealkylation sites (tertiary alicyclic amines) is 3. The van der Waals surface area contributed by atoms with E-state index in [4.69, 9.17) is 0 Å². The summed E-state index contributed by atoms with van der Waals surface area (Å²) in [5, 5.41) is 15.5. The molecule has 4 saturated heterocycles. The number of halogens is 1. The highest BCUT2D eigenvalue weighted by atomic mass is 32.2. The number of rotatable bonds is 15. The van der Waals surface area contributed by atoms with Gasteiger partial charge in [-0.1, -0.05) is 37.1 Å². The SMILES string of the molecule is O=C(O)N[C@H]1CCC[C@@H]1[C@](CN1CCC1)(c1cccc(F)c1)C1CCN(C[C@@H]2CCN(c3ccc(S(=O)(=O)c4cccc(NC(=O)/C=C/CN5CCCCC5)c4)cc3)C2)CC1. The fourth-order valence-electron chi connectivity index (χ4n) is 11.2. The number of benzene rings is 3. The van der Waals surface area contributed by atoms with Crippen LogP contribution in [0.2, 0.25) is 0 Å². The van der Waals surface area contributed by atoms with Crippen LogP contribution in [0.1, 0.15) is 69.8 Å². The van der Waals surface area contributed by atoms with Crippen molar-refractivity contribution in [1.29, 1.82) is 0 Å². The Morgan fingerprint density at radius 2 is 1.52 bits per heavy atom. The average Bonchev–Trinajstić information content (AvgIpc) is 3.91. The molecular formula is C48H63FN6O5S. The summed E-state index contributed by atoms with van der Waals surface area (Å²) in [5.74, 6) is 0.371. The van der Waals surface area contributed by atoms with Gasteiger partial charge < -0.3 is 30.4 Å². The third-order valence-corrected chi connectivity index (χ3v) is 16.2. The molecule has 0 radical (unpaired) electrons. The minimum atomic E-state index is -3.81. The summed E-state index contributed by atoms with van der Waals surface area (Å²) in [6.45, 7) is 10.4. The first kappa shape index (κ1) is 43.4. The van der Waals surface area contributed by atoms with E-state index in [1.54, 1.807) is 36.4 Å². The Balaban J connectivity index is 0.874. The molecule has 4 aliphatic heterocycles. The maximum absolute atomic E-state index is 15.0. The van der Waals surface area contributed by atoms with Crippen LogP contribution in [0, 0.1) is 23.6 Å². The third-order valence-electron chi connectivity index (χ3n) is 14.4. The van der Waals surface area contributed by atoms with Crippen molar-refractivity contribution in [2.75, 3.05) is 82.2 Å². The normalized spacial score (nSPS) is 24.4. The van der Waals surface area contributed by atoms with Gasteiger partial charge in [-0.15, -0.1) is 0 Å². The fraction of sp³-hybridized carbons (Fsp3) is 0.542. The lowest BCUT2D eigenvalue weighted by atomic mass is 9.57. The molecule has 0 bridgehead atoms. The number of hydrogen-bond donors (Lipinski definition) is 3. The lowest BCUT2D eigenvalue weighted by Crippen LogP contribution is -2.59. The van der Waals surface area contributed by atoms with Crippen LogP contribution in [0.3, 0.4) is 0 Å². The van der Waals surface area contributed by atoms with Gasteiger partial charge in [0.1, 0.15) is 5.82 Å². The second-order valence-electron chi connectivity index (χ2n) is 18.2. The van der Waals surface area contributed by atoms with Crippen LogP contribution in [0.4, 0.5) is 20.6 Å². The van der Waals surface area contributed by atoms with Gasteiger partial charge in [-0.3, -0.25) is 9.69 Å². The zero-order valence-corrected chi connectivity index (χ0v) is 36.2. The van der Waals surface area contributed by atoms with E-state index < -0.39 is 15.9 Å². The van der Waals surface area contributed by atoms with Gasteiger partial charge in [0, 0.05) is 61.6 Å². The summed E-state index contributed by atoms with van der Waals surface area (Å²) < 4.78 is 42.4. The molecule has 3 aromatic rings. The predicted molar refractivity (Wildman–Crippen MR) is 237 cm³/mol. The Morgan fingerprint density at radius 1 is 0.770 bits per heavy atom. The van der Waals surface area contributed by atoms with Crippen LogP contribution >= 0.6 is 0 Å². The van der Waals surface area contributed by atoms with Crippen LogP contribution in [0.25, 0.3) is 0 Å². The molecule has 1 saturated carbocycles. The minimum Gasteiger partial charge on any atom is -0.465 e. The third kappa shape index (κ3) is 10.2. The quantitative estimate of drug-likeness (QED) is 0.136. The van der Waals surface area contributed by atoms with E-state index in [2.05, 4.69) is 36.3 Å². The van der Waals surface area contributed by atoms with Crippen molar-refractivity contribution >= 4 is 33.2 Å². The summed E-state index contributed by atoms with van der Waals surface area (Å²) in [6, 6.07) is 20.6. The van der Waals surface area contributed by atoms with Crippen molar-refractivity contribution in [2.45, 2.75) is 85.5 Å². The van der Waals surface area contributed by atoms with Crippen LogP contribution in [-0.2, 0) is 20.0 Å². The lowest BCUT2D eigenvalue weighted by molar-refractivity contribution is -0.111. The molecule has 2 amide bonds. The molecule has 3 aromatic carbocycles. The van der Waals surface area contributed by atoms with Crippen LogP contribution in [-0.4, -0.2) is 118 Å². The molecule has 0 spiro atoms. The number of sulfone groups is 1. The smallest absolute Gasteiger partial charge is 0.404 e. The van der Waals surface area contributed by atoms with Crippen LogP contribution < -0.4 is 15.5 Å². The standard InChI is InChI=1S/C48H63FN6O5S/c49-39-10-4-9-38(31-39)48(35-54-26-8-27-54,44-13-6-14-45(44)51-47(57)58)37-21-28-53(29-22-37)33-36-20-30-55(34-36)41-16-18-42(19-17-41)61(59,60)43-12-5-11-40(32-43)50-46(56)15-7-25-52-23-2-1-3-24-52/h4-5,7,9-12,15-19,31-32,36-37,44-45,51H,1-3,6,8,13-14,20-30,33-35H2,(H,50,56)(H,57,58)/b15-7+/t36-,44-,45-,48-/m0/s1. The lowest BCUT2D eigenvalue weighted by Gasteiger charge is -2.53. The number of carbonyl (C=O) groups excluding carboxylic acids is 1. The van der Waals surface area contributed by atoms with E-state index in [-0.39, 0.29) is 38.9 Å². The molecule has 5 fully saturated rings. The van der Waals surface area contributed by atoms with Crippen LogP contribution in [0.5, 0.6) is 0 Å². The van der Waals surface area contributed by atoms with Crippen molar-refractivity contribution in [3.63, 3.8) is 0 Å². The molecule has 5 aliphatic rings. The summed E-state index contributed by atoms with van der Waals surface area (Å²) in [4.78, 5) is 34.7. The van der Waals surface area contributed by atoms with E-state index in [9.17, 15) is 23.1 Å². The molecule has 3 N–H and O–H groups in total. The summed E-state index contributed by atoms with van der Waals surface area (Å²) in [7, 11) is -3.81. The molecule has 11 nitrogen and oxygen atoms in total. The maximum atomic E-state index is 15.0. The maximum Gasteiger partial charge on any atom is 0.404 e. The largest absolute Gasteiger partial charge is 0.465 e. The van der Waals surface area contributed by atoms with Gasteiger partial charge in [-0.05, 0) is 169 Å². The van der Waals surface area contributed by atoms with Gasteiger partial charge in [0.25, 0.3) is 0 Å². The van der Waals surface area contributed by atoms with Gasteiger partial charge in [-0.25, -0.2) is 17.6 Å². The van der Waals surface area contributed by atoms with E-state index in [1.807, 2.05) is 24.3 Å². The first-order valence-corrected chi connectivity index (χ1v) is 24.2. The van der Waals surface area contributed by atoms with Crippen molar-refractivity contribution in [1.82, 2.24) is 20.0 Å².